The molecule has 2 rings (SSSR count). The Kier molecular flexibility index (Phi) is 5.87. The highest BCUT2D eigenvalue weighted by Gasteiger charge is 2.14. The third kappa shape index (κ3) is 4.93. The number of aryl methyl sites for hydroxylation is 1. The van der Waals surface area contributed by atoms with Crippen molar-refractivity contribution in [1.82, 2.24) is 0 Å². The molecule has 0 unspecified atom stereocenters. The fourth-order valence-electron chi connectivity index (χ4n) is 1.94. The maximum Gasteiger partial charge on any atom is 0.281 e. The number of para-hydroxylation sites is 1. The molecule has 0 aromatic heterocycles. The molecular weight excluding hydrogens is 312 g/mol. The molecule has 0 aliphatic carbocycles. The Morgan fingerprint density at radius 1 is 1.26 bits per heavy atom. The fraction of sp³-hybridized carbons (Fsp3) is 0.125. The van der Waals surface area contributed by atoms with Crippen LogP contribution in [0.2, 0.25) is 0 Å². The summed E-state index contributed by atoms with van der Waals surface area (Å²) in [4.78, 5) is 10.7. The minimum atomic E-state index is -0.423. The fourth-order valence-corrected chi connectivity index (χ4v) is 2.56. The highest BCUT2D eigenvalue weighted by Crippen LogP contribution is 2.21. The van der Waals surface area contributed by atoms with Gasteiger partial charge >= 0.3 is 0 Å². The molecule has 0 amide bonds. The number of benzene rings is 2. The van der Waals surface area contributed by atoms with Crippen LogP contribution in [0.15, 0.2) is 58.7 Å². The predicted octanol–water partition coefficient (Wildman–Crippen LogP) is 3.49. The Balaban J connectivity index is 2.03. The van der Waals surface area contributed by atoms with Crippen LogP contribution >= 0.6 is 11.8 Å². The Morgan fingerprint density at radius 2 is 2.00 bits per heavy atom. The van der Waals surface area contributed by atoms with Gasteiger partial charge in [0.1, 0.15) is 0 Å². The minimum Gasteiger partial charge on any atom is -0.377 e. The summed E-state index contributed by atoms with van der Waals surface area (Å²) in [6.07, 6.45) is 1.35. The molecule has 0 bridgehead atoms. The average molecular weight is 328 g/mol. The van der Waals surface area contributed by atoms with E-state index in [9.17, 15) is 10.1 Å². The molecule has 0 aliphatic heterocycles. The molecule has 0 spiro atoms. The van der Waals surface area contributed by atoms with Crippen LogP contribution in [0.1, 0.15) is 16.7 Å². The van der Waals surface area contributed by atoms with Gasteiger partial charge in [-0.1, -0.05) is 54.2 Å². The van der Waals surface area contributed by atoms with Gasteiger partial charge in [0.15, 0.2) is 5.17 Å². The monoisotopic (exact) mass is 328 g/mol. The smallest absolute Gasteiger partial charge is 0.281 e. The molecule has 0 fully saturated rings. The Labute approximate surface area is 138 Å². The Hall–Kier alpha value is -2.67. The van der Waals surface area contributed by atoms with Crippen LogP contribution in [0.25, 0.3) is 0 Å². The number of nitrogens with two attached hydrogens (primary N) is 1. The molecular formula is C16H16N4O2S. The highest BCUT2D eigenvalue weighted by molar-refractivity contribution is 8.13. The van der Waals surface area contributed by atoms with Crippen molar-refractivity contribution in [1.29, 1.82) is 0 Å². The summed E-state index contributed by atoms with van der Waals surface area (Å²) in [6, 6.07) is 14.9. The summed E-state index contributed by atoms with van der Waals surface area (Å²) in [5.41, 5.74) is 7.92. The Bertz CT molecular complexity index is 745. The van der Waals surface area contributed by atoms with Crippen molar-refractivity contribution in [3.8, 4) is 0 Å². The quantitative estimate of drug-likeness (QED) is 0.393. The standard InChI is InChI=1S/C16H16N4O2S/c1-12-6-5-9-14(15(12)20(21)22)10-18-19-16(17)23-11-13-7-3-2-4-8-13/h2-10H,11H2,1H3,(H2,17,19). The van der Waals surface area contributed by atoms with Crippen molar-refractivity contribution in [3.05, 3.63) is 75.3 Å². The lowest BCUT2D eigenvalue weighted by molar-refractivity contribution is -0.385. The summed E-state index contributed by atoms with van der Waals surface area (Å²) in [5.74, 6) is 0.691. The zero-order valence-electron chi connectivity index (χ0n) is 12.5. The normalized spacial score (nSPS) is 11.8. The predicted molar refractivity (Wildman–Crippen MR) is 94.8 cm³/mol. The van der Waals surface area contributed by atoms with Crippen LogP contribution < -0.4 is 5.73 Å². The molecule has 0 aliphatic rings. The molecule has 7 heteroatoms. The van der Waals surface area contributed by atoms with Crippen molar-refractivity contribution in [2.75, 3.05) is 0 Å². The molecule has 0 atom stereocenters. The molecule has 0 radical (unpaired) electrons. The molecule has 6 nitrogen and oxygen atoms in total. The van der Waals surface area contributed by atoms with E-state index in [1.165, 1.54) is 18.0 Å². The van der Waals surface area contributed by atoms with E-state index < -0.39 is 4.92 Å². The maximum atomic E-state index is 11.1. The first-order valence-corrected chi connectivity index (χ1v) is 7.83. The van der Waals surface area contributed by atoms with Crippen LogP contribution in [-0.2, 0) is 5.75 Å². The van der Waals surface area contributed by atoms with Gasteiger partial charge in [-0.15, -0.1) is 5.10 Å². The van der Waals surface area contributed by atoms with Crippen molar-refractivity contribution in [2.45, 2.75) is 12.7 Å². The molecule has 118 valence electrons. The summed E-state index contributed by atoms with van der Waals surface area (Å²) < 4.78 is 0. The largest absolute Gasteiger partial charge is 0.377 e. The first kappa shape index (κ1) is 16.7. The molecule has 2 aromatic carbocycles. The average Bonchev–Trinajstić information content (AvgIpc) is 2.53. The number of thioether (sulfide) groups is 1. The van der Waals surface area contributed by atoms with E-state index in [2.05, 4.69) is 10.2 Å². The van der Waals surface area contributed by atoms with E-state index in [0.717, 1.165) is 5.56 Å². The highest BCUT2D eigenvalue weighted by atomic mass is 32.2. The molecule has 23 heavy (non-hydrogen) atoms. The lowest BCUT2D eigenvalue weighted by Gasteiger charge is -2.00. The van der Waals surface area contributed by atoms with Gasteiger partial charge in [-0.2, -0.15) is 5.10 Å². The molecule has 0 saturated heterocycles. The second-order valence-corrected chi connectivity index (χ2v) is 5.72. The van der Waals surface area contributed by atoms with E-state index in [1.807, 2.05) is 30.3 Å². The van der Waals surface area contributed by atoms with Gasteiger partial charge in [-0.05, 0) is 18.6 Å². The van der Waals surface area contributed by atoms with Crippen molar-refractivity contribution in [2.24, 2.45) is 15.9 Å². The van der Waals surface area contributed by atoms with E-state index in [4.69, 9.17) is 5.73 Å². The lowest BCUT2D eigenvalue weighted by atomic mass is 10.1. The topological polar surface area (TPSA) is 93.9 Å². The summed E-state index contributed by atoms with van der Waals surface area (Å²) in [6.45, 7) is 1.68. The van der Waals surface area contributed by atoms with Crippen LogP contribution in [0.4, 0.5) is 5.69 Å². The number of nitro benzene ring substituents is 1. The molecule has 2 aromatic rings. The first-order chi connectivity index (χ1) is 11.1. The van der Waals surface area contributed by atoms with Gasteiger partial charge in [0.25, 0.3) is 5.69 Å². The van der Waals surface area contributed by atoms with Gasteiger partial charge in [0.05, 0.1) is 16.7 Å². The molecule has 0 heterocycles. The van der Waals surface area contributed by atoms with Crippen LogP contribution in [-0.4, -0.2) is 16.3 Å². The second kappa shape index (κ2) is 8.09. The number of nitrogens with zero attached hydrogens (tertiary/aromatic N) is 3. The second-order valence-electron chi connectivity index (χ2n) is 4.73. The van der Waals surface area contributed by atoms with E-state index in [-0.39, 0.29) is 5.69 Å². The summed E-state index contributed by atoms with van der Waals surface area (Å²) in [7, 11) is 0. The number of rotatable bonds is 5. The number of hydrogen-bond acceptors (Lipinski definition) is 5. The van der Waals surface area contributed by atoms with Gasteiger partial charge in [-0.25, -0.2) is 0 Å². The number of nitro groups is 1. The third-order valence-corrected chi connectivity index (χ3v) is 3.89. The third-order valence-electron chi connectivity index (χ3n) is 3.03. The van der Waals surface area contributed by atoms with Crippen LogP contribution in [0, 0.1) is 17.0 Å². The van der Waals surface area contributed by atoms with Gasteiger partial charge < -0.3 is 5.73 Å². The zero-order valence-corrected chi connectivity index (χ0v) is 13.4. The minimum absolute atomic E-state index is 0.0296. The Morgan fingerprint density at radius 3 is 2.70 bits per heavy atom. The summed E-state index contributed by atoms with van der Waals surface area (Å²) >= 11 is 1.36. The zero-order chi connectivity index (χ0) is 16.7. The van der Waals surface area contributed by atoms with Crippen molar-refractivity contribution >= 4 is 28.8 Å². The van der Waals surface area contributed by atoms with E-state index in [0.29, 0.717) is 22.0 Å². The summed E-state index contributed by atoms with van der Waals surface area (Å²) in [5, 5.41) is 19.1. The van der Waals surface area contributed by atoms with E-state index >= 15 is 0 Å². The number of amidine groups is 1. The molecule has 0 saturated carbocycles. The lowest BCUT2D eigenvalue weighted by Crippen LogP contribution is -2.06. The molecule has 2 N–H and O–H groups in total. The van der Waals surface area contributed by atoms with Gasteiger partial charge in [-0.3, -0.25) is 10.1 Å². The van der Waals surface area contributed by atoms with Crippen LogP contribution in [0.3, 0.4) is 0 Å². The maximum absolute atomic E-state index is 11.1. The van der Waals surface area contributed by atoms with Crippen LogP contribution in [0.5, 0.6) is 0 Å². The van der Waals surface area contributed by atoms with Crippen molar-refractivity contribution in [3.63, 3.8) is 0 Å². The SMILES string of the molecule is Cc1cccc(C=NN=C(N)SCc2ccccc2)c1[N+](=O)[O-]. The van der Waals surface area contributed by atoms with Gasteiger partial charge in [0, 0.05) is 11.3 Å². The van der Waals surface area contributed by atoms with Crippen molar-refractivity contribution < 1.29 is 4.92 Å². The first-order valence-electron chi connectivity index (χ1n) is 6.85. The van der Waals surface area contributed by atoms with E-state index in [1.54, 1.807) is 25.1 Å². The number of hydrogen-bond donors (Lipinski definition) is 1. The van der Waals surface area contributed by atoms with Gasteiger partial charge in [0.2, 0.25) is 0 Å².